The average molecular weight is 476 g/mol. The molecule has 0 fully saturated rings. The molecule has 0 aliphatic heterocycles. The number of methoxy groups -OCH3 is 1. The second-order valence-electron chi connectivity index (χ2n) is 6.38. The van der Waals surface area contributed by atoms with Gasteiger partial charge in [0.1, 0.15) is 23.7 Å². The van der Waals surface area contributed by atoms with Crippen molar-refractivity contribution in [2.24, 2.45) is 0 Å². The Balaban J connectivity index is 1.57. The highest BCUT2D eigenvalue weighted by Gasteiger charge is 2.17. The van der Waals surface area contributed by atoms with Crippen molar-refractivity contribution in [1.82, 2.24) is 15.4 Å². The van der Waals surface area contributed by atoms with Gasteiger partial charge in [0.2, 0.25) is 0 Å². The van der Waals surface area contributed by atoms with Gasteiger partial charge in [-0.05, 0) is 30.3 Å². The van der Waals surface area contributed by atoms with E-state index in [0.717, 1.165) is 16.6 Å². The van der Waals surface area contributed by atoms with Crippen LogP contribution >= 0.6 is 15.9 Å². The van der Waals surface area contributed by atoms with Crippen LogP contribution in [0.5, 0.6) is 11.5 Å². The van der Waals surface area contributed by atoms with Crippen LogP contribution in [0.1, 0.15) is 0 Å². The number of rotatable bonds is 9. The topological polar surface area (TPSA) is 82.4 Å². The average Bonchev–Trinajstić information content (AvgIpc) is 3.40. The van der Waals surface area contributed by atoms with Gasteiger partial charge in [-0.3, -0.25) is 5.10 Å². The first kappa shape index (κ1) is 20.4. The molecule has 0 saturated heterocycles. The molecule has 2 heterocycles. The first-order valence-electron chi connectivity index (χ1n) is 9.25. The number of benzene rings is 2. The summed E-state index contributed by atoms with van der Waals surface area (Å²) in [7, 11) is 1.56. The lowest BCUT2D eigenvalue weighted by Crippen LogP contribution is -2.05. The van der Waals surface area contributed by atoms with E-state index in [0.29, 0.717) is 41.3 Å². The van der Waals surface area contributed by atoms with Gasteiger partial charge in [-0.2, -0.15) is 5.10 Å². The summed E-state index contributed by atoms with van der Waals surface area (Å²) in [6, 6.07) is 12.3. The maximum atomic E-state index is 14.4. The summed E-state index contributed by atoms with van der Waals surface area (Å²) in [5.74, 6) is 0.859. The number of H-pyrrole nitrogens is 1. The lowest BCUT2D eigenvalue weighted by atomic mass is 10.1. The number of aromatic nitrogens is 3. The fourth-order valence-corrected chi connectivity index (χ4v) is 3.11. The van der Waals surface area contributed by atoms with Crippen molar-refractivity contribution in [2.75, 3.05) is 32.3 Å². The largest absolute Gasteiger partial charge is 0.493 e. The summed E-state index contributed by atoms with van der Waals surface area (Å²) in [5, 5.41) is 12.6. The number of alkyl halides is 1. The highest BCUT2D eigenvalue weighted by Crippen LogP contribution is 2.33. The molecular weight excluding hydrogens is 457 g/mol. The van der Waals surface area contributed by atoms with Crippen molar-refractivity contribution in [1.29, 1.82) is 0 Å². The van der Waals surface area contributed by atoms with E-state index in [4.69, 9.17) is 18.7 Å². The Morgan fingerprint density at radius 1 is 1.07 bits per heavy atom. The number of halogens is 2. The third-order valence-corrected chi connectivity index (χ3v) is 4.72. The maximum Gasteiger partial charge on any atom is 0.188 e. The van der Waals surface area contributed by atoms with Crippen molar-refractivity contribution < 1.29 is 23.1 Å². The zero-order chi connectivity index (χ0) is 20.9. The van der Waals surface area contributed by atoms with Crippen LogP contribution in [0.4, 0.5) is 4.39 Å². The first-order chi connectivity index (χ1) is 14.7. The number of fused-ring (bicyclic) bond motifs is 1. The van der Waals surface area contributed by atoms with Crippen LogP contribution in [-0.2, 0) is 4.74 Å². The molecule has 0 bridgehead atoms. The van der Waals surface area contributed by atoms with E-state index in [2.05, 4.69) is 31.3 Å². The summed E-state index contributed by atoms with van der Waals surface area (Å²) in [4.78, 5) is 0. The predicted molar refractivity (Wildman–Crippen MR) is 114 cm³/mol. The predicted octanol–water partition coefficient (Wildman–Crippen LogP) is 4.82. The Labute approximate surface area is 180 Å². The molecule has 7 nitrogen and oxygen atoms in total. The van der Waals surface area contributed by atoms with Gasteiger partial charge in [-0.1, -0.05) is 21.1 Å². The van der Waals surface area contributed by atoms with Crippen molar-refractivity contribution in [3.8, 4) is 34.2 Å². The SMILES string of the molecule is COCCOc1cc2[nH]nc(-c3cc(-c4ccc(OCCBr)cc4)no3)c2cc1F. The molecule has 9 heteroatoms. The van der Waals surface area contributed by atoms with Crippen molar-refractivity contribution in [3.05, 3.63) is 48.3 Å². The summed E-state index contributed by atoms with van der Waals surface area (Å²) in [5.41, 5.74) is 2.62. The molecule has 0 aliphatic carbocycles. The number of hydrogen-bond acceptors (Lipinski definition) is 6. The molecule has 1 N–H and O–H groups in total. The molecule has 2 aromatic heterocycles. The molecule has 156 valence electrons. The van der Waals surface area contributed by atoms with Gasteiger partial charge >= 0.3 is 0 Å². The van der Waals surface area contributed by atoms with E-state index < -0.39 is 5.82 Å². The number of ether oxygens (including phenoxy) is 3. The number of nitrogens with zero attached hydrogens (tertiary/aromatic N) is 2. The zero-order valence-electron chi connectivity index (χ0n) is 16.2. The summed E-state index contributed by atoms with van der Waals surface area (Å²) < 4.78 is 35.8. The Morgan fingerprint density at radius 3 is 2.67 bits per heavy atom. The Morgan fingerprint density at radius 2 is 1.90 bits per heavy atom. The minimum atomic E-state index is -0.486. The molecule has 4 rings (SSSR count). The van der Waals surface area contributed by atoms with Crippen molar-refractivity contribution in [3.63, 3.8) is 0 Å². The molecule has 0 spiro atoms. The van der Waals surface area contributed by atoms with E-state index in [9.17, 15) is 4.39 Å². The third kappa shape index (κ3) is 4.31. The highest BCUT2D eigenvalue weighted by atomic mass is 79.9. The molecule has 2 aromatic carbocycles. The van der Waals surface area contributed by atoms with Crippen LogP contribution in [0.3, 0.4) is 0 Å². The van der Waals surface area contributed by atoms with Crippen LogP contribution in [-0.4, -0.2) is 47.6 Å². The van der Waals surface area contributed by atoms with Gasteiger partial charge in [0.25, 0.3) is 0 Å². The molecule has 0 saturated carbocycles. The first-order valence-corrected chi connectivity index (χ1v) is 10.4. The Bertz CT molecular complexity index is 1130. The fraction of sp³-hybridized carbons (Fsp3) is 0.238. The molecule has 4 aromatic rings. The molecule has 0 atom stereocenters. The van der Waals surface area contributed by atoms with Crippen molar-refractivity contribution >= 4 is 26.8 Å². The number of hydrogen-bond donors (Lipinski definition) is 1. The molecule has 0 radical (unpaired) electrons. The number of nitrogens with one attached hydrogen (secondary N) is 1. The van der Waals surface area contributed by atoms with E-state index >= 15 is 0 Å². The van der Waals surface area contributed by atoms with Crippen LogP contribution in [0.2, 0.25) is 0 Å². The van der Waals surface area contributed by atoms with Gasteiger partial charge in [-0.15, -0.1) is 0 Å². The summed E-state index contributed by atoms with van der Waals surface area (Å²) >= 11 is 3.33. The van der Waals surface area contributed by atoms with Gasteiger partial charge in [0.15, 0.2) is 17.3 Å². The zero-order valence-corrected chi connectivity index (χ0v) is 17.7. The second-order valence-corrected chi connectivity index (χ2v) is 7.17. The highest BCUT2D eigenvalue weighted by molar-refractivity contribution is 9.09. The molecule has 0 amide bonds. The lowest BCUT2D eigenvalue weighted by Gasteiger charge is -2.06. The Hall–Kier alpha value is -2.91. The van der Waals surface area contributed by atoms with E-state index in [-0.39, 0.29) is 12.4 Å². The van der Waals surface area contributed by atoms with Crippen LogP contribution in [0.15, 0.2) is 47.0 Å². The fourth-order valence-electron chi connectivity index (χ4n) is 2.95. The Kier molecular flexibility index (Phi) is 6.29. The third-order valence-electron chi connectivity index (χ3n) is 4.40. The lowest BCUT2D eigenvalue weighted by molar-refractivity contribution is 0.144. The van der Waals surface area contributed by atoms with Gasteiger partial charge in [0.05, 0.1) is 18.7 Å². The standard InChI is InChI=1S/C21H19BrFN3O4/c1-27-8-9-29-19-12-18-15(10-16(19)23)21(25-24-18)20-11-17(26-30-20)13-2-4-14(5-3-13)28-7-6-22/h2-5,10-12H,6-9H2,1H3,(H,24,25). The van der Waals surface area contributed by atoms with Gasteiger partial charge in [-0.25, -0.2) is 4.39 Å². The quantitative estimate of drug-likeness (QED) is 0.276. The van der Waals surface area contributed by atoms with E-state index in [1.165, 1.54) is 6.07 Å². The van der Waals surface area contributed by atoms with Gasteiger partial charge < -0.3 is 18.7 Å². The summed E-state index contributed by atoms with van der Waals surface area (Å²) in [6.45, 7) is 1.22. The summed E-state index contributed by atoms with van der Waals surface area (Å²) in [6.07, 6.45) is 0. The molecule has 0 unspecified atom stereocenters. The smallest absolute Gasteiger partial charge is 0.188 e. The van der Waals surface area contributed by atoms with Crippen LogP contribution < -0.4 is 9.47 Å². The molecular formula is C21H19BrFN3O4. The minimum Gasteiger partial charge on any atom is -0.493 e. The minimum absolute atomic E-state index is 0.134. The van der Waals surface area contributed by atoms with E-state index in [1.807, 2.05) is 24.3 Å². The van der Waals surface area contributed by atoms with Crippen LogP contribution in [0, 0.1) is 5.82 Å². The molecule has 0 aliphatic rings. The van der Waals surface area contributed by atoms with Crippen LogP contribution in [0.25, 0.3) is 33.6 Å². The van der Waals surface area contributed by atoms with E-state index in [1.54, 1.807) is 19.2 Å². The monoisotopic (exact) mass is 475 g/mol. The normalized spacial score (nSPS) is 11.2. The van der Waals surface area contributed by atoms with Crippen molar-refractivity contribution in [2.45, 2.75) is 0 Å². The van der Waals surface area contributed by atoms with Gasteiger partial charge in [0, 0.05) is 35.5 Å². The molecule has 30 heavy (non-hydrogen) atoms. The number of aromatic amines is 1. The second kappa shape index (κ2) is 9.27. The maximum absolute atomic E-state index is 14.4.